The molecule has 0 saturated heterocycles. The number of amides is 1. The van der Waals surface area contributed by atoms with Crippen LogP contribution in [-0.4, -0.2) is 26.6 Å². The summed E-state index contributed by atoms with van der Waals surface area (Å²) in [6.07, 6.45) is 4.16. The zero-order valence-electron chi connectivity index (χ0n) is 17.7. The molecule has 0 aliphatic rings. The lowest BCUT2D eigenvalue weighted by Crippen LogP contribution is -2.38. The smallest absolute Gasteiger partial charge is 0.332 e. The van der Waals surface area contributed by atoms with Gasteiger partial charge in [-0.25, -0.2) is 9.78 Å². The van der Waals surface area contributed by atoms with E-state index in [-0.39, 0.29) is 16.9 Å². The van der Waals surface area contributed by atoms with Gasteiger partial charge in [-0.15, -0.1) is 0 Å². The van der Waals surface area contributed by atoms with Gasteiger partial charge in [0.05, 0.1) is 12.3 Å². The molecule has 1 N–H and O–H groups in total. The van der Waals surface area contributed by atoms with Gasteiger partial charge in [0.2, 0.25) is 0 Å². The van der Waals surface area contributed by atoms with E-state index >= 15 is 0 Å². The van der Waals surface area contributed by atoms with Crippen molar-refractivity contribution in [2.45, 2.75) is 33.1 Å². The predicted molar refractivity (Wildman–Crippen MR) is 116 cm³/mol. The van der Waals surface area contributed by atoms with E-state index in [2.05, 4.69) is 17.2 Å². The van der Waals surface area contributed by atoms with Gasteiger partial charge < -0.3 is 10.1 Å². The number of unbranched alkanes of at least 4 members (excludes halogenated alkanes) is 1. The second kappa shape index (κ2) is 8.94. The molecule has 2 aromatic heterocycles. The highest BCUT2D eigenvalue weighted by Crippen LogP contribution is 2.24. The topological polar surface area (TPSA) is 95.2 Å². The lowest BCUT2D eigenvalue weighted by molar-refractivity contribution is 0.102. The number of anilines is 1. The zero-order valence-corrected chi connectivity index (χ0v) is 17.7. The van der Waals surface area contributed by atoms with E-state index in [9.17, 15) is 14.4 Å². The molecule has 3 aromatic rings. The Labute approximate surface area is 174 Å². The molecule has 0 spiro atoms. The van der Waals surface area contributed by atoms with Gasteiger partial charge in [-0.1, -0.05) is 20.3 Å². The highest BCUT2D eigenvalue weighted by atomic mass is 16.5. The summed E-state index contributed by atoms with van der Waals surface area (Å²) in [5, 5.41) is 3.07. The van der Waals surface area contributed by atoms with Crippen molar-refractivity contribution >= 4 is 22.6 Å². The molecule has 8 heteroatoms. The summed E-state index contributed by atoms with van der Waals surface area (Å²) in [7, 11) is 2.96. The van der Waals surface area contributed by atoms with Gasteiger partial charge >= 0.3 is 5.69 Å². The minimum Gasteiger partial charge on any atom is -0.494 e. The number of fused-ring (bicyclic) bond motifs is 1. The van der Waals surface area contributed by atoms with Gasteiger partial charge in [-0.2, -0.15) is 0 Å². The summed E-state index contributed by atoms with van der Waals surface area (Å²) in [4.78, 5) is 42.2. The summed E-state index contributed by atoms with van der Waals surface area (Å²) >= 11 is 0. The minimum atomic E-state index is -0.495. The first-order valence-corrected chi connectivity index (χ1v) is 10.0. The molecule has 0 bridgehead atoms. The quantitative estimate of drug-likeness (QED) is 0.604. The molecular weight excluding hydrogens is 384 g/mol. The van der Waals surface area contributed by atoms with Crippen LogP contribution in [0.15, 0.2) is 40.1 Å². The summed E-state index contributed by atoms with van der Waals surface area (Å²) in [6, 6.07) is 6.86. The number of aryl methyl sites for hydroxylation is 2. The SMILES string of the molecule is CCCCOc1ccc(C(=O)Nc2c(CC)cnc3c2c(=O)n(C)c(=O)n3C)cc1. The van der Waals surface area contributed by atoms with E-state index in [4.69, 9.17) is 4.74 Å². The van der Waals surface area contributed by atoms with Gasteiger partial charge in [-0.05, 0) is 42.7 Å². The van der Waals surface area contributed by atoms with E-state index < -0.39 is 11.2 Å². The molecule has 0 aliphatic heterocycles. The number of hydrogen-bond acceptors (Lipinski definition) is 5. The van der Waals surface area contributed by atoms with E-state index in [0.717, 1.165) is 17.4 Å². The van der Waals surface area contributed by atoms with Crippen LogP contribution in [0.1, 0.15) is 42.6 Å². The Bertz CT molecular complexity index is 1190. The van der Waals surface area contributed by atoms with Crippen molar-refractivity contribution in [3.8, 4) is 5.75 Å². The molecule has 8 nitrogen and oxygen atoms in total. The second-order valence-electron chi connectivity index (χ2n) is 7.10. The van der Waals surface area contributed by atoms with E-state index in [1.54, 1.807) is 37.5 Å². The number of aromatic nitrogens is 3. The molecule has 0 saturated carbocycles. The van der Waals surface area contributed by atoms with Gasteiger partial charge in [0.25, 0.3) is 11.5 Å². The second-order valence-corrected chi connectivity index (χ2v) is 7.10. The van der Waals surface area contributed by atoms with Crippen molar-refractivity contribution < 1.29 is 9.53 Å². The Morgan fingerprint density at radius 1 is 1.10 bits per heavy atom. The minimum absolute atomic E-state index is 0.215. The van der Waals surface area contributed by atoms with Crippen molar-refractivity contribution in [2.75, 3.05) is 11.9 Å². The summed E-state index contributed by atoms with van der Waals surface area (Å²) in [5.41, 5.74) is 0.797. The molecule has 1 amide bonds. The molecule has 0 aliphatic carbocycles. The van der Waals surface area contributed by atoms with Crippen LogP contribution in [0.2, 0.25) is 0 Å². The standard InChI is InChI=1S/C22H26N4O4/c1-5-7-12-30-16-10-8-15(9-11-16)20(27)24-18-14(6-2)13-23-19-17(18)21(28)26(4)22(29)25(19)3/h8-11,13H,5-7,12H2,1-4H3,(H,23,24,27). The first kappa shape index (κ1) is 21.3. The number of hydrogen-bond donors (Lipinski definition) is 1. The van der Waals surface area contributed by atoms with Gasteiger partial charge in [0.1, 0.15) is 11.1 Å². The Kier molecular flexibility index (Phi) is 6.34. The van der Waals surface area contributed by atoms with Crippen LogP contribution in [0.3, 0.4) is 0 Å². The maximum atomic E-state index is 12.9. The normalized spacial score (nSPS) is 10.9. The summed E-state index contributed by atoms with van der Waals surface area (Å²) in [6.45, 7) is 4.63. The molecule has 2 heterocycles. The summed E-state index contributed by atoms with van der Waals surface area (Å²) in [5.74, 6) is 0.348. The van der Waals surface area contributed by atoms with Crippen LogP contribution < -0.4 is 21.3 Å². The van der Waals surface area contributed by atoms with Crippen LogP contribution in [0.5, 0.6) is 5.75 Å². The van der Waals surface area contributed by atoms with Crippen LogP contribution in [0.4, 0.5) is 5.69 Å². The number of ether oxygens (including phenoxy) is 1. The molecule has 0 radical (unpaired) electrons. The predicted octanol–water partition coefficient (Wildman–Crippen LogP) is 2.63. The fourth-order valence-corrected chi connectivity index (χ4v) is 3.20. The fraction of sp³-hybridized carbons (Fsp3) is 0.364. The number of rotatable bonds is 7. The van der Waals surface area contributed by atoms with Crippen LogP contribution in [0, 0.1) is 0 Å². The number of nitrogens with one attached hydrogen (secondary N) is 1. The molecule has 158 valence electrons. The molecule has 3 rings (SSSR count). The molecule has 0 unspecified atom stereocenters. The van der Waals surface area contributed by atoms with Crippen LogP contribution in [0.25, 0.3) is 11.0 Å². The van der Waals surface area contributed by atoms with Crippen LogP contribution >= 0.6 is 0 Å². The van der Waals surface area contributed by atoms with E-state index in [1.165, 1.54) is 11.6 Å². The lowest BCUT2D eigenvalue weighted by Gasteiger charge is -2.15. The molecule has 1 aromatic carbocycles. The number of pyridine rings is 1. The van der Waals surface area contributed by atoms with E-state index in [0.29, 0.717) is 35.6 Å². The Balaban J connectivity index is 1.99. The Hall–Kier alpha value is -3.42. The van der Waals surface area contributed by atoms with Gasteiger partial charge in [0, 0.05) is 25.9 Å². The third kappa shape index (κ3) is 3.98. The van der Waals surface area contributed by atoms with Crippen molar-refractivity contribution in [1.82, 2.24) is 14.1 Å². The lowest BCUT2D eigenvalue weighted by atomic mass is 10.1. The third-order valence-corrected chi connectivity index (χ3v) is 5.05. The monoisotopic (exact) mass is 410 g/mol. The van der Waals surface area contributed by atoms with E-state index in [1.807, 2.05) is 6.92 Å². The zero-order chi connectivity index (χ0) is 21.8. The first-order chi connectivity index (χ1) is 14.4. The fourth-order valence-electron chi connectivity index (χ4n) is 3.20. The number of nitrogens with zero attached hydrogens (tertiary/aromatic N) is 3. The van der Waals surface area contributed by atoms with Crippen molar-refractivity contribution in [2.24, 2.45) is 14.1 Å². The maximum Gasteiger partial charge on any atom is 0.332 e. The number of carbonyl (C=O) groups excluding carboxylic acids is 1. The molecular formula is C22H26N4O4. The van der Waals surface area contributed by atoms with Crippen molar-refractivity contribution in [3.05, 3.63) is 62.4 Å². The van der Waals surface area contributed by atoms with Crippen LogP contribution in [-0.2, 0) is 20.5 Å². The highest BCUT2D eigenvalue weighted by Gasteiger charge is 2.19. The Morgan fingerprint density at radius 3 is 2.43 bits per heavy atom. The van der Waals surface area contributed by atoms with Crippen molar-refractivity contribution in [3.63, 3.8) is 0 Å². The number of benzene rings is 1. The van der Waals surface area contributed by atoms with Gasteiger partial charge in [-0.3, -0.25) is 18.7 Å². The molecule has 30 heavy (non-hydrogen) atoms. The molecule has 0 fully saturated rings. The third-order valence-electron chi connectivity index (χ3n) is 5.05. The van der Waals surface area contributed by atoms with Crippen molar-refractivity contribution in [1.29, 1.82) is 0 Å². The average molecular weight is 410 g/mol. The highest BCUT2D eigenvalue weighted by molar-refractivity contribution is 6.08. The summed E-state index contributed by atoms with van der Waals surface area (Å²) < 4.78 is 7.95. The largest absolute Gasteiger partial charge is 0.494 e. The first-order valence-electron chi connectivity index (χ1n) is 10.0. The number of carbonyl (C=O) groups is 1. The van der Waals surface area contributed by atoms with Gasteiger partial charge in [0.15, 0.2) is 5.65 Å². The maximum absolute atomic E-state index is 12.9. The Morgan fingerprint density at radius 2 is 1.80 bits per heavy atom. The molecule has 0 atom stereocenters. The average Bonchev–Trinajstić information content (AvgIpc) is 2.76.